The van der Waals surface area contributed by atoms with E-state index in [1.165, 1.54) is 23.3 Å². The highest BCUT2D eigenvalue weighted by atomic mass is 16.5. The van der Waals surface area contributed by atoms with Crippen molar-refractivity contribution in [2.75, 3.05) is 26.8 Å². The highest BCUT2D eigenvalue weighted by Crippen LogP contribution is 1.83. The second-order valence-electron chi connectivity index (χ2n) is 2.97. The van der Waals surface area contributed by atoms with Crippen LogP contribution < -0.4 is 10.6 Å². The Morgan fingerprint density at radius 1 is 1.44 bits per heavy atom. The van der Waals surface area contributed by atoms with Crippen molar-refractivity contribution in [3.05, 3.63) is 18.7 Å². The Kier molecular flexibility index (Phi) is 5.00. The van der Waals surface area contributed by atoms with E-state index in [1.54, 1.807) is 7.11 Å². The van der Waals surface area contributed by atoms with Gasteiger partial charge in [0.15, 0.2) is 0 Å². The van der Waals surface area contributed by atoms with Gasteiger partial charge in [0.2, 0.25) is 5.91 Å². The van der Waals surface area contributed by atoms with Crippen LogP contribution >= 0.6 is 0 Å². The molecule has 0 bridgehead atoms. The molecule has 16 heavy (non-hydrogen) atoms. The normalized spacial score (nSPS) is 9.81. The number of carbonyl (C=O) groups is 2. The van der Waals surface area contributed by atoms with Gasteiger partial charge in [0.1, 0.15) is 6.33 Å². The molecule has 0 aliphatic rings. The summed E-state index contributed by atoms with van der Waals surface area (Å²) in [5.74, 6) is -0.259. The van der Waals surface area contributed by atoms with Crippen LogP contribution in [0.5, 0.6) is 0 Å². The van der Waals surface area contributed by atoms with Crippen LogP contribution in [0.15, 0.2) is 18.7 Å². The third-order valence-electron chi connectivity index (χ3n) is 1.77. The van der Waals surface area contributed by atoms with Gasteiger partial charge >= 0.3 is 6.03 Å². The van der Waals surface area contributed by atoms with Crippen molar-refractivity contribution in [2.24, 2.45) is 0 Å². The lowest BCUT2D eigenvalue weighted by molar-refractivity contribution is -0.120. The molecule has 1 aromatic heterocycles. The lowest BCUT2D eigenvalue weighted by atomic mass is 10.5. The minimum absolute atomic E-state index is 0.0687. The van der Waals surface area contributed by atoms with Crippen LogP contribution in [0.1, 0.15) is 0 Å². The Labute approximate surface area is 92.8 Å². The van der Waals surface area contributed by atoms with Gasteiger partial charge in [0, 0.05) is 26.0 Å². The highest BCUT2D eigenvalue weighted by Gasteiger charge is 2.05. The molecule has 7 heteroatoms. The first-order valence-corrected chi connectivity index (χ1v) is 4.76. The van der Waals surface area contributed by atoms with E-state index in [0.717, 1.165) is 0 Å². The molecule has 1 aromatic rings. The second-order valence-corrected chi connectivity index (χ2v) is 2.97. The van der Waals surface area contributed by atoms with Crippen LogP contribution in [0.3, 0.4) is 0 Å². The third kappa shape index (κ3) is 4.09. The van der Waals surface area contributed by atoms with Crippen molar-refractivity contribution in [3.63, 3.8) is 0 Å². The van der Waals surface area contributed by atoms with Crippen LogP contribution in [0.4, 0.5) is 4.79 Å². The number of hydrogen-bond acceptors (Lipinski definition) is 4. The Bertz CT molecular complexity index is 337. The van der Waals surface area contributed by atoms with E-state index >= 15 is 0 Å². The Hall–Kier alpha value is -1.89. The van der Waals surface area contributed by atoms with E-state index < -0.39 is 0 Å². The number of methoxy groups -OCH3 is 1. The van der Waals surface area contributed by atoms with Crippen molar-refractivity contribution in [3.8, 4) is 0 Å². The van der Waals surface area contributed by atoms with Crippen LogP contribution in [-0.4, -0.2) is 48.3 Å². The van der Waals surface area contributed by atoms with Gasteiger partial charge in [-0.3, -0.25) is 9.36 Å². The lowest BCUT2D eigenvalue weighted by Crippen LogP contribution is -2.39. The monoisotopic (exact) mass is 226 g/mol. The number of rotatable bonds is 5. The predicted octanol–water partition coefficient (Wildman–Crippen LogP) is -0.797. The zero-order chi connectivity index (χ0) is 11.8. The second kappa shape index (κ2) is 6.57. The van der Waals surface area contributed by atoms with Gasteiger partial charge in [-0.15, -0.1) is 0 Å². The third-order valence-corrected chi connectivity index (χ3v) is 1.77. The molecular formula is C9H14N4O3. The summed E-state index contributed by atoms with van der Waals surface area (Å²) in [6.45, 7) is 0.804. The predicted molar refractivity (Wildman–Crippen MR) is 55.9 cm³/mol. The molecule has 0 saturated heterocycles. The van der Waals surface area contributed by atoms with Crippen LogP contribution in [0.2, 0.25) is 0 Å². The first-order valence-electron chi connectivity index (χ1n) is 4.76. The van der Waals surface area contributed by atoms with E-state index in [9.17, 15) is 9.59 Å². The molecule has 0 radical (unpaired) electrons. The van der Waals surface area contributed by atoms with Crippen molar-refractivity contribution < 1.29 is 14.3 Å². The number of ether oxygens (including phenoxy) is 1. The van der Waals surface area contributed by atoms with E-state index in [1.807, 2.05) is 0 Å². The molecule has 1 heterocycles. The van der Waals surface area contributed by atoms with Gasteiger partial charge in [0.05, 0.1) is 13.2 Å². The maximum absolute atomic E-state index is 11.3. The van der Waals surface area contributed by atoms with Crippen LogP contribution in [0, 0.1) is 0 Å². The van der Waals surface area contributed by atoms with Crippen molar-refractivity contribution >= 4 is 11.9 Å². The van der Waals surface area contributed by atoms with Crippen molar-refractivity contribution in [1.82, 2.24) is 20.2 Å². The molecule has 2 N–H and O–H groups in total. The smallest absolute Gasteiger partial charge is 0.327 e. The first-order chi connectivity index (χ1) is 7.74. The first kappa shape index (κ1) is 12.2. The molecule has 0 aliphatic heterocycles. The molecule has 0 unspecified atom stereocenters. The minimum atomic E-state index is -0.389. The number of nitrogens with one attached hydrogen (secondary N) is 2. The summed E-state index contributed by atoms with van der Waals surface area (Å²) in [7, 11) is 1.55. The topological polar surface area (TPSA) is 85.3 Å². The molecule has 1 rings (SSSR count). The number of aromatic nitrogens is 2. The summed E-state index contributed by atoms with van der Waals surface area (Å²) in [5.41, 5.74) is 0. The molecular weight excluding hydrogens is 212 g/mol. The van der Waals surface area contributed by atoms with E-state index in [0.29, 0.717) is 13.2 Å². The fourth-order valence-electron chi connectivity index (χ4n) is 0.981. The van der Waals surface area contributed by atoms with Gasteiger partial charge in [-0.1, -0.05) is 0 Å². The number of nitrogens with zero attached hydrogens (tertiary/aromatic N) is 2. The average molecular weight is 226 g/mol. The Morgan fingerprint density at radius 2 is 2.25 bits per heavy atom. The molecule has 7 nitrogen and oxygen atoms in total. The van der Waals surface area contributed by atoms with E-state index in [4.69, 9.17) is 4.74 Å². The highest BCUT2D eigenvalue weighted by molar-refractivity contribution is 5.84. The maximum Gasteiger partial charge on any atom is 0.327 e. The fraction of sp³-hybridized carbons (Fsp3) is 0.444. The largest absolute Gasteiger partial charge is 0.383 e. The molecule has 0 spiro atoms. The summed E-state index contributed by atoms with van der Waals surface area (Å²) in [6, 6.07) is -0.389. The van der Waals surface area contributed by atoms with Crippen LogP contribution in [0.25, 0.3) is 0 Å². The summed E-state index contributed by atoms with van der Waals surface area (Å²) in [4.78, 5) is 26.2. The maximum atomic E-state index is 11.3. The standard InChI is InChI=1S/C9H14N4O3/c1-16-5-3-11-8(14)6-12-9(15)13-4-2-10-7-13/h2,4,7H,3,5-6H2,1H3,(H,11,14)(H,12,15). The van der Waals surface area contributed by atoms with Crippen LogP contribution in [-0.2, 0) is 9.53 Å². The van der Waals surface area contributed by atoms with Gasteiger partial charge in [-0.2, -0.15) is 0 Å². The fourth-order valence-corrected chi connectivity index (χ4v) is 0.981. The molecule has 0 saturated carbocycles. The van der Waals surface area contributed by atoms with Gasteiger partial charge in [-0.05, 0) is 0 Å². The molecule has 0 aromatic carbocycles. The number of imidazole rings is 1. The van der Waals surface area contributed by atoms with E-state index in [-0.39, 0.29) is 18.5 Å². The number of carbonyl (C=O) groups excluding carboxylic acids is 2. The van der Waals surface area contributed by atoms with Crippen molar-refractivity contribution in [2.45, 2.75) is 0 Å². The van der Waals surface area contributed by atoms with Gasteiger partial charge in [0.25, 0.3) is 0 Å². The summed E-state index contributed by atoms with van der Waals surface area (Å²) in [5, 5.41) is 5.02. The van der Waals surface area contributed by atoms with Crippen molar-refractivity contribution in [1.29, 1.82) is 0 Å². The quantitative estimate of drug-likeness (QED) is 0.644. The zero-order valence-electron chi connectivity index (χ0n) is 8.97. The minimum Gasteiger partial charge on any atom is -0.383 e. The summed E-state index contributed by atoms with van der Waals surface area (Å²) >= 11 is 0. The zero-order valence-corrected chi connectivity index (χ0v) is 8.97. The lowest BCUT2D eigenvalue weighted by Gasteiger charge is -2.06. The SMILES string of the molecule is COCCNC(=O)CNC(=O)n1ccnc1. The molecule has 2 amide bonds. The number of hydrogen-bond donors (Lipinski definition) is 2. The Morgan fingerprint density at radius 3 is 2.88 bits per heavy atom. The molecule has 0 atom stereocenters. The Balaban J connectivity index is 2.19. The molecule has 88 valence electrons. The van der Waals surface area contributed by atoms with E-state index in [2.05, 4.69) is 15.6 Å². The average Bonchev–Trinajstić information content (AvgIpc) is 2.79. The molecule has 0 fully saturated rings. The van der Waals surface area contributed by atoms with Gasteiger partial charge < -0.3 is 15.4 Å². The molecule has 0 aliphatic carbocycles. The summed E-state index contributed by atoms with van der Waals surface area (Å²) < 4.78 is 6.01. The van der Waals surface area contributed by atoms with Gasteiger partial charge in [-0.25, -0.2) is 9.78 Å². The summed E-state index contributed by atoms with van der Waals surface area (Å²) in [6.07, 6.45) is 4.34. The number of amides is 2.